The first kappa shape index (κ1) is 11.3. The summed E-state index contributed by atoms with van der Waals surface area (Å²) in [5.74, 6) is 0.670. The number of anilines is 1. The Hall–Kier alpha value is -1.81. The first-order valence-corrected chi connectivity index (χ1v) is 4.72. The van der Waals surface area contributed by atoms with E-state index in [2.05, 4.69) is 10.8 Å². The van der Waals surface area contributed by atoms with E-state index in [1.54, 1.807) is 4.68 Å². The zero-order valence-corrected chi connectivity index (χ0v) is 9.01. The van der Waals surface area contributed by atoms with Crippen molar-refractivity contribution in [1.82, 2.24) is 9.78 Å². The molecule has 0 atom stereocenters. The predicted octanol–water partition coefficient (Wildman–Crippen LogP) is 1.34. The van der Waals surface area contributed by atoms with Crippen LogP contribution < -0.4 is 11.5 Å². The van der Waals surface area contributed by atoms with Crippen LogP contribution in [0.2, 0.25) is 0 Å². The lowest BCUT2D eigenvalue weighted by Crippen LogP contribution is -2.00. The maximum Gasteiger partial charge on any atom is 0.127 e. The van der Waals surface area contributed by atoms with Crippen molar-refractivity contribution in [2.75, 3.05) is 12.8 Å². The van der Waals surface area contributed by atoms with Gasteiger partial charge in [-0.3, -0.25) is 0 Å². The molecule has 0 saturated carbocycles. The maximum absolute atomic E-state index is 5.77. The fraction of sp³-hybridized carbons (Fsp3) is 0.182. The van der Waals surface area contributed by atoms with Gasteiger partial charge in [0.2, 0.25) is 0 Å². The molecule has 0 aliphatic heterocycles. The molecule has 0 aliphatic rings. The molecule has 0 saturated heterocycles. The van der Waals surface area contributed by atoms with Gasteiger partial charge in [0.1, 0.15) is 5.82 Å². The van der Waals surface area contributed by atoms with E-state index in [1.807, 2.05) is 43.3 Å². The van der Waals surface area contributed by atoms with Crippen molar-refractivity contribution in [3.05, 3.63) is 42.1 Å². The molecule has 1 aromatic carbocycles. The van der Waals surface area contributed by atoms with Crippen LogP contribution in [0.15, 0.2) is 36.4 Å². The molecule has 1 aromatic heterocycles. The molecule has 1 heterocycles. The summed E-state index contributed by atoms with van der Waals surface area (Å²) >= 11 is 0. The molecule has 0 amide bonds. The summed E-state index contributed by atoms with van der Waals surface area (Å²) in [4.78, 5) is 0. The molecule has 2 aromatic rings. The van der Waals surface area contributed by atoms with Crippen LogP contribution in [0.1, 0.15) is 5.69 Å². The normalized spacial score (nSPS) is 9.27. The molecule has 0 unspecified atom stereocenters. The van der Waals surface area contributed by atoms with Crippen molar-refractivity contribution < 1.29 is 0 Å². The predicted molar refractivity (Wildman–Crippen MR) is 62.8 cm³/mol. The van der Waals surface area contributed by atoms with E-state index in [9.17, 15) is 0 Å². The third kappa shape index (κ3) is 2.57. The lowest BCUT2D eigenvalue weighted by Gasteiger charge is -2.01. The number of hydrogen-bond acceptors (Lipinski definition) is 3. The third-order valence-electron chi connectivity index (χ3n) is 1.86. The standard InChI is InChI=1S/C10H11N3.CH5N/c1-8-7-10(11)13(12-8)9-5-3-2-4-6-9;1-2/h2-7H,11H2,1H3;2H2,1H3. The molecule has 4 nitrogen and oxygen atoms in total. The summed E-state index contributed by atoms with van der Waals surface area (Å²) < 4.78 is 1.73. The van der Waals surface area contributed by atoms with E-state index >= 15 is 0 Å². The Morgan fingerprint density at radius 2 is 1.73 bits per heavy atom. The lowest BCUT2D eigenvalue weighted by atomic mass is 10.3. The maximum atomic E-state index is 5.77. The smallest absolute Gasteiger partial charge is 0.127 e. The zero-order chi connectivity index (χ0) is 11.3. The van der Waals surface area contributed by atoms with Crippen molar-refractivity contribution in [3.63, 3.8) is 0 Å². The summed E-state index contributed by atoms with van der Waals surface area (Å²) in [5, 5.41) is 4.27. The molecule has 80 valence electrons. The number of para-hydroxylation sites is 1. The largest absolute Gasteiger partial charge is 0.384 e. The van der Waals surface area contributed by atoms with Crippen LogP contribution in [-0.4, -0.2) is 16.8 Å². The zero-order valence-electron chi connectivity index (χ0n) is 9.01. The monoisotopic (exact) mass is 204 g/mol. The van der Waals surface area contributed by atoms with Gasteiger partial charge in [-0.05, 0) is 26.1 Å². The Bertz CT molecular complexity index is 406. The number of nitrogens with zero attached hydrogens (tertiary/aromatic N) is 2. The molecular weight excluding hydrogens is 188 g/mol. The van der Waals surface area contributed by atoms with Gasteiger partial charge in [-0.2, -0.15) is 5.10 Å². The van der Waals surface area contributed by atoms with Crippen LogP contribution in [-0.2, 0) is 0 Å². The molecule has 2 rings (SSSR count). The molecule has 0 bridgehead atoms. The highest BCUT2D eigenvalue weighted by molar-refractivity contribution is 5.42. The Labute approximate surface area is 89.5 Å². The molecule has 4 N–H and O–H groups in total. The molecule has 0 fully saturated rings. The van der Waals surface area contributed by atoms with Gasteiger partial charge in [-0.25, -0.2) is 4.68 Å². The number of hydrogen-bond donors (Lipinski definition) is 2. The quantitative estimate of drug-likeness (QED) is 0.736. The number of benzene rings is 1. The molecule has 0 spiro atoms. The Morgan fingerprint density at radius 1 is 1.13 bits per heavy atom. The van der Waals surface area contributed by atoms with Gasteiger partial charge in [-0.15, -0.1) is 0 Å². The van der Waals surface area contributed by atoms with Crippen LogP contribution in [0, 0.1) is 6.92 Å². The number of nitrogen functional groups attached to an aromatic ring is 1. The summed E-state index contributed by atoms with van der Waals surface area (Å²) in [6, 6.07) is 11.7. The summed E-state index contributed by atoms with van der Waals surface area (Å²) in [5.41, 5.74) is 12.2. The van der Waals surface area contributed by atoms with Crippen molar-refractivity contribution in [1.29, 1.82) is 0 Å². The van der Waals surface area contributed by atoms with E-state index in [4.69, 9.17) is 5.73 Å². The van der Waals surface area contributed by atoms with E-state index in [0.29, 0.717) is 5.82 Å². The van der Waals surface area contributed by atoms with Gasteiger partial charge >= 0.3 is 0 Å². The highest BCUT2D eigenvalue weighted by Crippen LogP contribution is 2.12. The topological polar surface area (TPSA) is 69.9 Å². The Morgan fingerprint density at radius 3 is 2.20 bits per heavy atom. The van der Waals surface area contributed by atoms with Crippen molar-refractivity contribution in [2.45, 2.75) is 6.92 Å². The number of aryl methyl sites for hydroxylation is 1. The molecule has 15 heavy (non-hydrogen) atoms. The van der Waals surface area contributed by atoms with E-state index < -0.39 is 0 Å². The van der Waals surface area contributed by atoms with E-state index in [1.165, 1.54) is 7.05 Å². The minimum absolute atomic E-state index is 0.670. The second kappa shape index (κ2) is 5.17. The summed E-state index contributed by atoms with van der Waals surface area (Å²) in [6.07, 6.45) is 0. The number of rotatable bonds is 1. The van der Waals surface area contributed by atoms with E-state index in [0.717, 1.165) is 11.4 Å². The van der Waals surface area contributed by atoms with Gasteiger partial charge < -0.3 is 11.5 Å². The first-order chi connectivity index (χ1) is 7.27. The lowest BCUT2D eigenvalue weighted by molar-refractivity contribution is 0.872. The van der Waals surface area contributed by atoms with Gasteiger partial charge in [0.25, 0.3) is 0 Å². The van der Waals surface area contributed by atoms with Gasteiger partial charge in [0.15, 0.2) is 0 Å². The third-order valence-corrected chi connectivity index (χ3v) is 1.86. The second-order valence-electron chi connectivity index (χ2n) is 2.96. The fourth-order valence-electron chi connectivity index (χ4n) is 1.30. The first-order valence-electron chi connectivity index (χ1n) is 4.72. The highest BCUT2D eigenvalue weighted by Gasteiger charge is 2.02. The molecular formula is C11H16N4. The number of nitrogens with two attached hydrogens (primary N) is 2. The van der Waals surface area contributed by atoms with Crippen molar-refractivity contribution in [3.8, 4) is 5.69 Å². The van der Waals surface area contributed by atoms with Gasteiger partial charge in [0.05, 0.1) is 11.4 Å². The molecule has 4 heteroatoms. The molecule has 0 aliphatic carbocycles. The van der Waals surface area contributed by atoms with Crippen LogP contribution in [0.5, 0.6) is 0 Å². The van der Waals surface area contributed by atoms with Crippen molar-refractivity contribution >= 4 is 5.82 Å². The minimum Gasteiger partial charge on any atom is -0.384 e. The average molecular weight is 204 g/mol. The SMILES string of the molecule is CN.Cc1cc(N)n(-c2ccccc2)n1. The van der Waals surface area contributed by atoms with Gasteiger partial charge in [0, 0.05) is 6.07 Å². The van der Waals surface area contributed by atoms with Crippen LogP contribution >= 0.6 is 0 Å². The molecule has 0 radical (unpaired) electrons. The average Bonchev–Trinajstić information content (AvgIpc) is 2.62. The summed E-state index contributed by atoms with van der Waals surface area (Å²) in [7, 11) is 1.50. The minimum atomic E-state index is 0.670. The van der Waals surface area contributed by atoms with Gasteiger partial charge in [-0.1, -0.05) is 18.2 Å². The number of aromatic nitrogens is 2. The fourth-order valence-corrected chi connectivity index (χ4v) is 1.30. The van der Waals surface area contributed by atoms with Crippen LogP contribution in [0.25, 0.3) is 5.69 Å². The second-order valence-corrected chi connectivity index (χ2v) is 2.96. The highest BCUT2D eigenvalue weighted by atomic mass is 15.3. The Kier molecular flexibility index (Phi) is 3.88. The van der Waals surface area contributed by atoms with Crippen LogP contribution in [0.3, 0.4) is 0 Å². The summed E-state index contributed by atoms with van der Waals surface area (Å²) in [6.45, 7) is 1.93. The van der Waals surface area contributed by atoms with Crippen LogP contribution in [0.4, 0.5) is 5.82 Å². The Balaban J connectivity index is 0.000000531. The van der Waals surface area contributed by atoms with E-state index in [-0.39, 0.29) is 0 Å². The van der Waals surface area contributed by atoms with Crippen molar-refractivity contribution in [2.24, 2.45) is 5.73 Å².